The normalized spacial score (nSPS) is 13.7. The number of anilines is 1. The number of methoxy groups -OCH3 is 2. The number of thioether (sulfide) groups is 1. The Labute approximate surface area is 176 Å². The predicted octanol–water partition coefficient (Wildman–Crippen LogP) is 2.89. The number of hydrogen-bond acceptors (Lipinski definition) is 7. The molecule has 0 unspecified atom stereocenters. The number of carbonyl (C=O) groups excluding carboxylic acids is 1. The molecule has 0 bridgehead atoms. The zero-order valence-electron chi connectivity index (χ0n) is 17.0. The Morgan fingerprint density at radius 1 is 1.17 bits per heavy atom. The van der Waals surface area contributed by atoms with Crippen molar-refractivity contribution in [2.45, 2.75) is 30.4 Å². The van der Waals surface area contributed by atoms with E-state index >= 15 is 0 Å². The van der Waals surface area contributed by atoms with E-state index in [1.165, 1.54) is 12.8 Å². The lowest BCUT2D eigenvalue weighted by Gasteiger charge is -2.17. The summed E-state index contributed by atoms with van der Waals surface area (Å²) in [6.07, 6.45) is 2.40. The van der Waals surface area contributed by atoms with E-state index in [2.05, 4.69) is 15.2 Å². The number of amides is 1. The fourth-order valence-corrected chi connectivity index (χ4v) is 3.99. The van der Waals surface area contributed by atoms with Crippen LogP contribution in [0.2, 0.25) is 0 Å². The molecule has 7 nitrogen and oxygen atoms in total. The lowest BCUT2D eigenvalue weighted by atomic mass is 10.1. The first-order valence-corrected chi connectivity index (χ1v) is 10.8. The molecule has 1 aromatic heterocycles. The highest BCUT2D eigenvalue weighted by Crippen LogP contribution is 2.25. The van der Waals surface area contributed by atoms with Crippen molar-refractivity contribution in [1.29, 1.82) is 0 Å². The second kappa shape index (κ2) is 11.1. The highest BCUT2D eigenvalue weighted by molar-refractivity contribution is 7.98. The zero-order valence-corrected chi connectivity index (χ0v) is 17.8. The second-order valence-corrected chi connectivity index (χ2v) is 7.81. The van der Waals surface area contributed by atoms with Crippen molar-refractivity contribution in [2.75, 3.05) is 45.4 Å². The van der Waals surface area contributed by atoms with Gasteiger partial charge in [-0.25, -0.2) is 9.97 Å². The maximum absolute atomic E-state index is 12.2. The second-order valence-electron chi connectivity index (χ2n) is 6.86. The molecule has 8 heteroatoms. The summed E-state index contributed by atoms with van der Waals surface area (Å²) in [5, 5.41) is 3.58. The first-order valence-electron chi connectivity index (χ1n) is 9.80. The number of hydrogen-bond donors (Lipinski definition) is 1. The van der Waals surface area contributed by atoms with Gasteiger partial charge in [-0.15, -0.1) is 0 Å². The Kier molecular flexibility index (Phi) is 8.27. The monoisotopic (exact) mass is 416 g/mol. The minimum Gasteiger partial charge on any atom is -0.383 e. The summed E-state index contributed by atoms with van der Waals surface area (Å²) in [4.78, 5) is 23.9. The number of rotatable bonds is 10. The van der Waals surface area contributed by atoms with Crippen molar-refractivity contribution in [1.82, 2.24) is 15.3 Å². The fraction of sp³-hybridized carbons (Fsp3) is 0.476. The van der Waals surface area contributed by atoms with Crippen LogP contribution in [0.3, 0.4) is 0 Å². The molecule has 1 fully saturated rings. The van der Waals surface area contributed by atoms with E-state index in [9.17, 15) is 4.79 Å². The van der Waals surface area contributed by atoms with Crippen molar-refractivity contribution in [3.63, 3.8) is 0 Å². The van der Waals surface area contributed by atoms with Crippen LogP contribution in [-0.4, -0.2) is 56.3 Å². The van der Waals surface area contributed by atoms with Gasteiger partial charge in [0.1, 0.15) is 5.82 Å². The molecule has 1 saturated heterocycles. The summed E-state index contributed by atoms with van der Waals surface area (Å²) in [7, 11) is 3.29. The average molecular weight is 417 g/mol. The lowest BCUT2D eigenvalue weighted by Crippen LogP contribution is -2.26. The Morgan fingerprint density at radius 2 is 2.00 bits per heavy atom. The molecule has 29 heavy (non-hydrogen) atoms. The molecule has 0 radical (unpaired) electrons. The highest BCUT2D eigenvalue weighted by Gasteiger charge is 2.16. The summed E-state index contributed by atoms with van der Waals surface area (Å²) in [5.41, 5.74) is 2.59. The summed E-state index contributed by atoms with van der Waals surface area (Å²) >= 11 is 1.57. The van der Waals surface area contributed by atoms with Crippen LogP contribution < -0.4 is 10.2 Å². The molecular formula is C21H28N4O3S. The van der Waals surface area contributed by atoms with Crippen LogP contribution in [0.25, 0.3) is 0 Å². The average Bonchev–Trinajstić information content (AvgIpc) is 3.28. The number of benzene rings is 1. The molecule has 0 atom stereocenters. The molecular weight excluding hydrogens is 388 g/mol. The van der Waals surface area contributed by atoms with Gasteiger partial charge in [-0.05, 0) is 30.5 Å². The molecule has 2 aromatic rings. The van der Waals surface area contributed by atoms with Crippen LogP contribution in [0.15, 0.2) is 35.5 Å². The van der Waals surface area contributed by atoms with Gasteiger partial charge in [0, 0.05) is 51.2 Å². The lowest BCUT2D eigenvalue weighted by molar-refractivity contribution is 0.0937. The SMILES string of the molecule is COCCNC(=O)c1cccc(CSc2nc(COC)cc(N3CCCC3)n2)c1. The summed E-state index contributed by atoms with van der Waals surface area (Å²) in [6, 6.07) is 9.66. The van der Waals surface area contributed by atoms with Gasteiger partial charge in [0.2, 0.25) is 0 Å². The van der Waals surface area contributed by atoms with Crippen molar-refractivity contribution in [3.8, 4) is 0 Å². The van der Waals surface area contributed by atoms with E-state index in [4.69, 9.17) is 14.5 Å². The fourth-order valence-electron chi connectivity index (χ4n) is 3.17. The van der Waals surface area contributed by atoms with Gasteiger partial charge >= 0.3 is 0 Å². The zero-order chi connectivity index (χ0) is 20.5. The third-order valence-electron chi connectivity index (χ3n) is 4.62. The Morgan fingerprint density at radius 3 is 2.76 bits per heavy atom. The smallest absolute Gasteiger partial charge is 0.251 e. The van der Waals surface area contributed by atoms with Gasteiger partial charge in [0.05, 0.1) is 18.9 Å². The standard InChI is InChI=1S/C21H28N4O3S/c1-27-11-8-22-20(26)17-7-5-6-16(12-17)15-29-21-23-18(14-28-2)13-19(24-21)25-9-3-4-10-25/h5-7,12-13H,3-4,8-11,14-15H2,1-2H3,(H,22,26). The third-order valence-corrected chi connectivity index (χ3v) is 5.53. The molecule has 1 N–H and O–H groups in total. The Balaban J connectivity index is 1.67. The van der Waals surface area contributed by atoms with Gasteiger partial charge in [-0.2, -0.15) is 0 Å². The van der Waals surface area contributed by atoms with Crippen LogP contribution in [0, 0.1) is 0 Å². The number of nitrogens with zero attached hydrogens (tertiary/aromatic N) is 3. The van der Waals surface area contributed by atoms with E-state index in [0.717, 1.165) is 35.3 Å². The van der Waals surface area contributed by atoms with Crippen molar-refractivity contribution in [3.05, 3.63) is 47.2 Å². The third kappa shape index (κ3) is 6.42. The van der Waals surface area contributed by atoms with E-state index in [-0.39, 0.29) is 5.91 Å². The Bertz CT molecular complexity index is 812. The summed E-state index contributed by atoms with van der Waals surface area (Å²) < 4.78 is 10.2. The minimum atomic E-state index is -0.0939. The van der Waals surface area contributed by atoms with Crippen LogP contribution in [0.4, 0.5) is 5.82 Å². The van der Waals surface area contributed by atoms with Crippen molar-refractivity contribution >= 4 is 23.5 Å². The molecule has 156 valence electrons. The highest BCUT2D eigenvalue weighted by atomic mass is 32.2. The van der Waals surface area contributed by atoms with E-state index in [0.29, 0.717) is 31.1 Å². The number of nitrogens with one attached hydrogen (secondary N) is 1. The molecule has 3 rings (SSSR count). The van der Waals surface area contributed by atoms with Gasteiger partial charge in [0.15, 0.2) is 5.16 Å². The molecule has 0 aliphatic carbocycles. The largest absolute Gasteiger partial charge is 0.383 e. The molecule has 1 amide bonds. The molecule has 1 aromatic carbocycles. The summed E-state index contributed by atoms with van der Waals surface area (Å²) in [5.74, 6) is 1.57. The molecule has 2 heterocycles. The molecule has 0 saturated carbocycles. The van der Waals surface area contributed by atoms with Crippen molar-refractivity contribution < 1.29 is 14.3 Å². The minimum absolute atomic E-state index is 0.0939. The maximum Gasteiger partial charge on any atom is 0.251 e. The number of carbonyl (C=O) groups is 1. The molecule has 0 spiro atoms. The summed E-state index contributed by atoms with van der Waals surface area (Å²) in [6.45, 7) is 3.53. The predicted molar refractivity (Wildman–Crippen MR) is 114 cm³/mol. The van der Waals surface area contributed by atoms with Crippen LogP contribution in [0.1, 0.15) is 34.5 Å². The van der Waals surface area contributed by atoms with Gasteiger partial charge in [-0.3, -0.25) is 4.79 Å². The van der Waals surface area contributed by atoms with Gasteiger partial charge < -0.3 is 19.7 Å². The number of aromatic nitrogens is 2. The quantitative estimate of drug-likeness (QED) is 0.362. The Hall–Kier alpha value is -2.16. The molecule has 1 aliphatic rings. The van der Waals surface area contributed by atoms with Crippen LogP contribution in [0.5, 0.6) is 0 Å². The first-order chi connectivity index (χ1) is 14.2. The van der Waals surface area contributed by atoms with E-state index in [1.807, 2.05) is 30.3 Å². The van der Waals surface area contributed by atoms with Crippen LogP contribution in [-0.2, 0) is 21.8 Å². The van der Waals surface area contributed by atoms with Crippen LogP contribution >= 0.6 is 11.8 Å². The van der Waals surface area contributed by atoms with Crippen molar-refractivity contribution in [2.24, 2.45) is 0 Å². The van der Waals surface area contributed by atoms with E-state index in [1.54, 1.807) is 26.0 Å². The van der Waals surface area contributed by atoms with E-state index < -0.39 is 0 Å². The maximum atomic E-state index is 12.2. The topological polar surface area (TPSA) is 76.6 Å². The first kappa shape index (κ1) is 21.5. The number of ether oxygens (including phenoxy) is 2. The molecule has 1 aliphatic heterocycles. The van der Waals surface area contributed by atoms with Gasteiger partial charge in [0.25, 0.3) is 5.91 Å². The van der Waals surface area contributed by atoms with Gasteiger partial charge in [-0.1, -0.05) is 23.9 Å².